The number of anilines is 1. The van der Waals surface area contributed by atoms with Gasteiger partial charge in [0.2, 0.25) is 0 Å². The number of rotatable bonds is 5. The van der Waals surface area contributed by atoms with Gasteiger partial charge in [0.05, 0.1) is 12.8 Å². The Bertz CT molecular complexity index is 1100. The summed E-state index contributed by atoms with van der Waals surface area (Å²) in [5.74, 6) is 1.18. The van der Waals surface area contributed by atoms with Crippen LogP contribution in [0.5, 0.6) is 5.75 Å². The summed E-state index contributed by atoms with van der Waals surface area (Å²) in [4.78, 5) is 22.4. The zero-order valence-corrected chi connectivity index (χ0v) is 16.1. The minimum atomic E-state index is -0.226. The molecule has 2 N–H and O–H groups in total. The fraction of sp³-hybridized carbons (Fsp3) is 0.100. The van der Waals surface area contributed by atoms with Gasteiger partial charge in [-0.15, -0.1) is 11.3 Å². The molecule has 7 nitrogen and oxygen atoms in total. The molecule has 140 valence electrons. The van der Waals surface area contributed by atoms with E-state index in [2.05, 4.69) is 25.5 Å². The van der Waals surface area contributed by atoms with Gasteiger partial charge in [-0.05, 0) is 43.3 Å². The number of nitrogens with one attached hydrogen (secondary N) is 2. The monoisotopic (exact) mass is 391 g/mol. The Morgan fingerprint density at radius 3 is 2.68 bits per heavy atom. The van der Waals surface area contributed by atoms with E-state index in [0.29, 0.717) is 16.5 Å². The largest absolute Gasteiger partial charge is 0.497 e. The lowest BCUT2D eigenvalue weighted by atomic mass is 10.1. The van der Waals surface area contributed by atoms with Crippen LogP contribution in [0.4, 0.5) is 5.13 Å². The minimum absolute atomic E-state index is 0.226. The zero-order chi connectivity index (χ0) is 19.5. The summed E-state index contributed by atoms with van der Waals surface area (Å²) in [5, 5.41) is 10.1. The molecule has 0 aliphatic heterocycles. The number of hydrogen-bond donors (Lipinski definition) is 2. The first-order valence-electron chi connectivity index (χ1n) is 8.53. The summed E-state index contributed by atoms with van der Waals surface area (Å²) in [6, 6.07) is 14.9. The lowest BCUT2D eigenvalue weighted by Crippen LogP contribution is -2.11. The highest BCUT2D eigenvalue weighted by atomic mass is 32.1. The number of aromatic amines is 1. The molecule has 0 aliphatic carbocycles. The number of aryl methyl sites for hydroxylation is 1. The maximum Gasteiger partial charge on any atom is 0.257 e. The quantitative estimate of drug-likeness (QED) is 0.533. The van der Waals surface area contributed by atoms with E-state index in [-0.39, 0.29) is 5.91 Å². The first-order valence-corrected chi connectivity index (χ1v) is 9.34. The summed E-state index contributed by atoms with van der Waals surface area (Å²) in [7, 11) is 1.63. The van der Waals surface area contributed by atoms with E-state index in [1.807, 2.05) is 43.3 Å². The first-order chi connectivity index (χ1) is 13.6. The second-order valence-electron chi connectivity index (χ2n) is 6.02. The number of carbonyl (C=O) groups excluding carboxylic acids is 1. The van der Waals surface area contributed by atoms with Gasteiger partial charge >= 0.3 is 0 Å². The zero-order valence-electron chi connectivity index (χ0n) is 15.3. The highest BCUT2D eigenvalue weighted by Gasteiger charge is 2.14. The maximum atomic E-state index is 12.7. The lowest BCUT2D eigenvalue weighted by molar-refractivity contribution is 0.102. The van der Waals surface area contributed by atoms with Gasteiger partial charge in [0, 0.05) is 21.6 Å². The molecule has 0 unspecified atom stereocenters. The van der Waals surface area contributed by atoms with Crippen molar-refractivity contribution in [3.63, 3.8) is 0 Å². The van der Waals surface area contributed by atoms with Crippen LogP contribution >= 0.6 is 11.3 Å². The molecule has 0 saturated heterocycles. The van der Waals surface area contributed by atoms with Gasteiger partial charge in [0.1, 0.15) is 12.1 Å². The predicted molar refractivity (Wildman–Crippen MR) is 109 cm³/mol. The number of methoxy groups -OCH3 is 1. The normalized spacial score (nSPS) is 10.6. The Morgan fingerprint density at radius 2 is 1.96 bits per heavy atom. The fourth-order valence-electron chi connectivity index (χ4n) is 2.79. The van der Waals surface area contributed by atoms with Crippen molar-refractivity contribution >= 4 is 22.4 Å². The van der Waals surface area contributed by atoms with Gasteiger partial charge in [-0.3, -0.25) is 15.2 Å². The van der Waals surface area contributed by atoms with Crippen molar-refractivity contribution in [3.8, 4) is 28.4 Å². The van der Waals surface area contributed by atoms with Crippen LogP contribution in [0, 0.1) is 6.92 Å². The third-order valence-corrected chi connectivity index (χ3v) is 5.08. The molecule has 0 radical (unpaired) electrons. The van der Waals surface area contributed by atoms with Crippen molar-refractivity contribution in [3.05, 3.63) is 65.3 Å². The average molecular weight is 391 g/mol. The molecule has 0 bridgehead atoms. The summed E-state index contributed by atoms with van der Waals surface area (Å²) in [6.45, 7) is 1.98. The van der Waals surface area contributed by atoms with E-state index in [0.717, 1.165) is 27.4 Å². The Kier molecular flexibility index (Phi) is 4.86. The Morgan fingerprint density at radius 1 is 1.14 bits per heavy atom. The number of amides is 1. The minimum Gasteiger partial charge on any atom is -0.497 e. The summed E-state index contributed by atoms with van der Waals surface area (Å²) >= 11 is 1.44. The van der Waals surface area contributed by atoms with E-state index in [1.165, 1.54) is 17.7 Å². The van der Waals surface area contributed by atoms with Crippen molar-refractivity contribution < 1.29 is 9.53 Å². The predicted octanol–water partition coefficient (Wildman–Crippen LogP) is 4.16. The highest BCUT2D eigenvalue weighted by molar-refractivity contribution is 7.16. The van der Waals surface area contributed by atoms with Crippen molar-refractivity contribution in [2.45, 2.75) is 6.92 Å². The molecule has 0 fully saturated rings. The molecule has 2 heterocycles. The van der Waals surface area contributed by atoms with Crippen LogP contribution in [0.15, 0.2) is 54.9 Å². The van der Waals surface area contributed by atoms with Crippen LogP contribution in [-0.2, 0) is 0 Å². The standard InChI is InChI=1S/C20H17N5O2S/c1-12-17(13-6-8-16(27-2)9-7-13)23-20(28-12)24-19(26)15-5-3-4-14(10-15)18-21-11-22-25-18/h3-11H,1-2H3,(H,21,22,25)(H,23,24,26). The van der Waals surface area contributed by atoms with Crippen LogP contribution in [0.1, 0.15) is 15.2 Å². The van der Waals surface area contributed by atoms with Gasteiger partial charge in [-0.1, -0.05) is 12.1 Å². The van der Waals surface area contributed by atoms with Crippen LogP contribution in [0.25, 0.3) is 22.6 Å². The molecule has 0 aliphatic rings. The molecular formula is C20H17N5O2S. The number of ether oxygens (including phenoxy) is 1. The van der Waals surface area contributed by atoms with Crippen molar-refractivity contribution in [2.75, 3.05) is 12.4 Å². The summed E-state index contributed by atoms with van der Waals surface area (Å²) in [6.07, 6.45) is 1.43. The van der Waals surface area contributed by atoms with E-state index in [4.69, 9.17) is 4.74 Å². The maximum absolute atomic E-state index is 12.7. The van der Waals surface area contributed by atoms with Crippen LogP contribution in [0.2, 0.25) is 0 Å². The Balaban J connectivity index is 1.55. The Hall–Kier alpha value is -3.52. The molecule has 2 aromatic carbocycles. The molecule has 0 saturated carbocycles. The van der Waals surface area contributed by atoms with Crippen molar-refractivity contribution in [1.82, 2.24) is 20.2 Å². The number of thiazole rings is 1. The summed E-state index contributed by atoms with van der Waals surface area (Å²) in [5.41, 5.74) is 3.13. The molecule has 28 heavy (non-hydrogen) atoms. The van der Waals surface area contributed by atoms with Crippen LogP contribution in [0.3, 0.4) is 0 Å². The van der Waals surface area contributed by atoms with Gasteiger partial charge in [0.25, 0.3) is 5.91 Å². The average Bonchev–Trinajstić information content (AvgIpc) is 3.38. The number of nitrogens with zero attached hydrogens (tertiary/aromatic N) is 3. The Labute approximate surface area is 165 Å². The molecule has 4 rings (SSSR count). The summed E-state index contributed by atoms with van der Waals surface area (Å²) < 4.78 is 5.19. The van der Waals surface area contributed by atoms with E-state index in [9.17, 15) is 4.79 Å². The number of H-pyrrole nitrogens is 1. The number of benzene rings is 2. The molecule has 4 aromatic rings. The number of carbonyl (C=O) groups is 1. The van der Waals surface area contributed by atoms with Crippen LogP contribution < -0.4 is 10.1 Å². The molecule has 1 amide bonds. The van der Waals surface area contributed by atoms with Gasteiger partial charge in [-0.2, -0.15) is 5.10 Å². The molecular weight excluding hydrogens is 374 g/mol. The second-order valence-corrected chi connectivity index (χ2v) is 7.22. The van der Waals surface area contributed by atoms with Crippen molar-refractivity contribution in [2.24, 2.45) is 0 Å². The molecule has 8 heteroatoms. The topological polar surface area (TPSA) is 92.8 Å². The van der Waals surface area contributed by atoms with Gasteiger partial charge in [-0.25, -0.2) is 9.97 Å². The highest BCUT2D eigenvalue weighted by Crippen LogP contribution is 2.31. The third kappa shape index (κ3) is 3.63. The fourth-order valence-corrected chi connectivity index (χ4v) is 3.62. The van der Waals surface area contributed by atoms with Crippen LogP contribution in [-0.4, -0.2) is 33.2 Å². The van der Waals surface area contributed by atoms with E-state index >= 15 is 0 Å². The smallest absolute Gasteiger partial charge is 0.257 e. The van der Waals surface area contributed by atoms with Crippen molar-refractivity contribution in [1.29, 1.82) is 0 Å². The first kappa shape index (κ1) is 17.9. The van der Waals surface area contributed by atoms with E-state index in [1.54, 1.807) is 19.2 Å². The van der Waals surface area contributed by atoms with Gasteiger partial charge in [0.15, 0.2) is 11.0 Å². The van der Waals surface area contributed by atoms with E-state index < -0.39 is 0 Å². The van der Waals surface area contributed by atoms with Gasteiger partial charge < -0.3 is 4.74 Å². The molecule has 0 atom stereocenters. The third-order valence-electron chi connectivity index (χ3n) is 4.19. The molecule has 2 aromatic heterocycles. The second kappa shape index (κ2) is 7.61. The SMILES string of the molecule is COc1ccc(-c2nc(NC(=O)c3cccc(-c4ncn[nH]4)c3)sc2C)cc1. The lowest BCUT2D eigenvalue weighted by Gasteiger charge is -2.04. The number of aromatic nitrogens is 4. The number of hydrogen-bond acceptors (Lipinski definition) is 6. The molecule has 0 spiro atoms.